The van der Waals surface area contributed by atoms with E-state index in [1.165, 1.54) is 18.9 Å². The van der Waals surface area contributed by atoms with Crippen LogP contribution in [0.25, 0.3) is 11.4 Å². The lowest BCUT2D eigenvalue weighted by Gasteiger charge is -2.12. The second-order valence-electron chi connectivity index (χ2n) is 7.11. The van der Waals surface area contributed by atoms with Crippen molar-refractivity contribution in [2.24, 2.45) is 5.92 Å². The van der Waals surface area contributed by atoms with Crippen molar-refractivity contribution < 1.29 is 18.7 Å². The van der Waals surface area contributed by atoms with E-state index in [0.717, 1.165) is 23.7 Å². The number of furan rings is 1. The van der Waals surface area contributed by atoms with Gasteiger partial charge in [0.05, 0.1) is 30.3 Å². The maximum absolute atomic E-state index is 12.4. The van der Waals surface area contributed by atoms with Gasteiger partial charge in [0.2, 0.25) is 5.91 Å². The maximum Gasteiger partial charge on any atom is 0.337 e. The Balaban J connectivity index is 1.67. The molecular weight excluding hydrogens is 404 g/mol. The molecule has 0 atom stereocenters. The van der Waals surface area contributed by atoms with Crippen LogP contribution in [0.5, 0.6) is 0 Å². The number of carbonyl (C=O) groups excluding carboxylic acids is 2. The van der Waals surface area contributed by atoms with E-state index in [-0.39, 0.29) is 11.7 Å². The van der Waals surface area contributed by atoms with E-state index in [9.17, 15) is 9.59 Å². The molecule has 0 saturated carbocycles. The lowest BCUT2D eigenvalue weighted by Crippen LogP contribution is -2.15. The molecule has 0 saturated heterocycles. The predicted octanol–water partition coefficient (Wildman–Crippen LogP) is 4.02. The second-order valence-corrected chi connectivity index (χ2v) is 8.05. The van der Waals surface area contributed by atoms with E-state index in [2.05, 4.69) is 34.1 Å². The zero-order chi connectivity index (χ0) is 21.7. The third kappa shape index (κ3) is 5.10. The van der Waals surface area contributed by atoms with Gasteiger partial charge in [-0.25, -0.2) is 4.79 Å². The summed E-state index contributed by atoms with van der Waals surface area (Å²) in [7, 11) is 1.33. The molecule has 0 radical (unpaired) electrons. The Morgan fingerprint density at radius 1 is 1.20 bits per heavy atom. The van der Waals surface area contributed by atoms with Gasteiger partial charge in [-0.2, -0.15) is 0 Å². The number of hydrogen-bond donors (Lipinski definition) is 1. The summed E-state index contributed by atoms with van der Waals surface area (Å²) in [4.78, 5) is 23.9. The average Bonchev–Trinajstić information content (AvgIpc) is 3.31. The number of hydrogen-bond acceptors (Lipinski definition) is 7. The smallest absolute Gasteiger partial charge is 0.337 e. The molecule has 158 valence electrons. The van der Waals surface area contributed by atoms with Crippen LogP contribution >= 0.6 is 11.8 Å². The van der Waals surface area contributed by atoms with Crippen LogP contribution in [0.15, 0.2) is 46.2 Å². The minimum Gasteiger partial charge on any atom is -0.469 e. The number of benzene rings is 1. The summed E-state index contributed by atoms with van der Waals surface area (Å²) in [6.45, 7) is 6.84. The number of esters is 1. The standard InChI is InChI=1S/C21H24N4O4S/c1-13(2)11-25-19(17-9-10-29-14(17)3)23-24-21(25)30-12-18(26)22-16-7-5-15(6-8-16)20(27)28-4/h5-10,13H,11-12H2,1-4H3,(H,22,26). The van der Waals surface area contributed by atoms with Crippen LogP contribution in [0.3, 0.4) is 0 Å². The van der Waals surface area contributed by atoms with Gasteiger partial charge in [-0.05, 0) is 43.2 Å². The number of anilines is 1. The van der Waals surface area contributed by atoms with E-state index in [0.29, 0.717) is 22.3 Å². The summed E-state index contributed by atoms with van der Waals surface area (Å²) >= 11 is 1.32. The molecule has 2 heterocycles. The van der Waals surface area contributed by atoms with E-state index in [1.54, 1.807) is 30.5 Å². The van der Waals surface area contributed by atoms with Gasteiger partial charge in [0, 0.05) is 12.2 Å². The van der Waals surface area contributed by atoms with Crippen molar-refractivity contribution in [2.75, 3.05) is 18.2 Å². The molecule has 0 aliphatic heterocycles. The number of amides is 1. The molecule has 2 aromatic heterocycles. The van der Waals surface area contributed by atoms with Gasteiger partial charge in [-0.1, -0.05) is 25.6 Å². The van der Waals surface area contributed by atoms with E-state index >= 15 is 0 Å². The number of thioether (sulfide) groups is 1. The Labute approximate surface area is 179 Å². The molecule has 1 N–H and O–H groups in total. The Bertz CT molecular complexity index is 1020. The lowest BCUT2D eigenvalue weighted by molar-refractivity contribution is -0.113. The van der Waals surface area contributed by atoms with Crippen molar-refractivity contribution in [3.8, 4) is 11.4 Å². The number of methoxy groups -OCH3 is 1. The summed E-state index contributed by atoms with van der Waals surface area (Å²) in [5.74, 6) is 1.48. The largest absolute Gasteiger partial charge is 0.469 e. The van der Waals surface area contributed by atoms with Gasteiger partial charge >= 0.3 is 5.97 Å². The molecule has 3 rings (SSSR count). The van der Waals surface area contributed by atoms with Crippen LogP contribution in [0.4, 0.5) is 5.69 Å². The van der Waals surface area contributed by atoms with E-state index in [1.807, 2.05) is 17.6 Å². The highest BCUT2D eigenvalue weighted by atomic mass is 32.2. The zero-order valence-corrected chi connectivity index (χ0v) is 18.2. The minimum absolute atomic E-state index is 0.175. The molecular formula is C21H24N4O4S. The lowest BCUT2D eigenvalue weighted by atomic mass is 10.2. The number of nitrogens with one attached hydrogen (secondary N) is 1. The van der Waals surface area contributed by atoms with Crippen molar-refractivity contribution >= 4 is 29.3 Å². The molecule has 0 unspecified atom stereocenters. The maximum atomic E-state index is 12.4. The number of ether oxygens (including phenoxy) is 1. The summed E-state index contributed by atoms with van der Waals surface area (Å²) in [5.41, 5.74) is 1.92. The van der Waals surface area contributed by atoms with Crippen molar-refractivity contribution in [3.05, 3.63) is 47.9 Å². The molecule has 9 heteroatoms. The van der Waals surface area contributed by atoms with Crippen molar-refractivity contribution in [1.82, 2.24) is 14.8 Å². The monoisotopic (exact) mass is 428 g/mol. The van der Waals surface area contributed by atoms with Gasteiger partial charge in [-0.3, -0.25) is 4.79 Å². The highest BCUT2D eigenvalue weighted by molar-refractivity contribution is 7.99. The quantitative estimate of drug-likeness (QED) is 0.427. The second kappa shape index (κ2) is 9.62. The molecule has 8 nitrogen and oxygen atoms in total. The van der Waals surface area contributed by atoms with Gasteiger partial charge < -0.3 is 19.0 Å². The van der Waals surface area contributed by atoms with Crippen LogP contribution in [0, 0.1) is 12.8 Å². The van der Waals surface area contributed by atoms with Crippen LogP contribution in [-0.2, 0) is 16.1 Å². The Kier molecular flexibility index (Phi) is 6.94. The van der Waals surface area contributed by atoms with Gasteiger partial charge in [0.15, 0.2) is 11.0 Å². The Morgan fingerprint density at radius 3 is 2.53 bits per heavy atom. The molecule has 0 spiro atoms. The molecule has 0 bridgehead atoms. The first-order valence-electron chi connectivity index (χ1n) is 9.47. The van der Waals surface area contributed by atoms with E-state index in [4.69, 9.17) is 4.42 Å². The summed E-state index contributed by atoms with van der Waals surface area (Å²) in [6, 6.07) is 8.40. The number of aryl methyl sites for hydroxylation is 1. The van der Waals surface area contributed by atoms with E-state index < -0.39 is 5.97 Å². The van der Waals surface area contributed by atoms with Crippen LogP contribution in [0.2, 0.25) is 0 Å². The highest BCUT2D eigenvalue weighted by Crippen LogP contribution is 2.28. The number of aromatic nitrogens is 3. The summed E-state index contributed by atoms with van der Waals surface area (Å²) in [6.07, 6.45) is 1.63. The SMILES string of the molecule is COC(=O)c1ccc(NC(=O)CSc2nnc(-c3ccoc3C)n2CC(C)C)cc1. The topological polar surface area (TPSA) is 99.2 Å². The normalized spacial score (nSPS) is 11.0. The number of nitrogens with zero attached hydrogens (tertiary/aromatic N) is 3. The van der Waals surface area contributed by atoms with Crippen LogP contribution in [0.1, 0.15) is 30.0 Å². The molecule has 30 heavy (non-hydrogen) atoms. The van der Waals surface area contributed by atoms with Gasteiger partial charge in [0.25, 0.3) is 0 Å². The third-order valence-electron chi connectivity index (χ3n) is 4.29. The third-order valence-corrected chi connectivity index (χ3v) is 5.25. The number of carbonyl (C=O) groups is 2. The van der Waals surface area contributed by atoms with Crippen molar-refractivity contribution in [3.63, 3.8) is 0 Å². The fourth-order valence-corrected chi connectivity index (χ4v) is 3.62. The first-order chi connectivity index (χ1) is 14.4. The molecule has 0 aliphatic carbocycles. The first-order valence-corrected chi connectivity index (χ1v) is 10.5. The minimum atomic E-state index is -0.420. The molecule has 0 aliphatic rings. The summed E-state index contributed by atoms with van der Waals surface area (Å²) < 4.78 is 12.1. The summed E-state index contributed by atoms with van der Waals surface area (Å²) in [5, 5.41) is 12.1. The average molecular weight is 429 g/mol. The number of rotatable bonds is 8. The Hall–Kier alpha value is -3.07. The zero-order valence-electron chi connectivity index (χ0n) is 17.3. The highest BCUT2D eigenvalue weighted by Gasteiger charge is 2.19. The Morgan fingerprint density at radius 2 is 1.93 bits per heavy atom. The fourth-order valence-electron chi connectivity index (χ4n) is 2.88. The van der Waals surface area contributed by atoms with Crippen LogP contribution < -0.4 is 5.32 Å². The molecule has 0 fully saturated rings. The van der Waals surface area contributed by atoms with Gasteiger partial charge in [-0.15, -0.1) is 10.2 Å². The molecule has 3 aromatic rings. The predicted molar refractivity (Wildman–Crippen MR) is 114 cm³/mol. The van der Waals surface area contributed by atoms with Crippen molar-refractivity contribution in [2.45, 2.75) is 32.5 Å². The van der Waals surface area contributed by atoms with Crippen LogP contribution in [-0.4, -0.2) is 39.5 Å². The molecule has 1 aromatic carbocycles. The fraction of sp³-hybridized carbons (Fsp3) is 0.333. The first kappa shape index (κ1) is 21.6. The molecule has 1 amide bonds. The van der Waals surface area contributed by atoms with Gasteiger partial charge in [0.1, 0.15) is 5.76 Å². The van der Waals surface area contributed by atoms with Crippen molar-refractivity contribution in [1.29, 1.82) is 0 Å².